The van der Waals surface area contributed by atoms with E-state index < -0.39 is 13.5 Å². The number of benzene rings is 2. The molecule has 0 N–H and O–H groups in total. The molecule has 3 aliphatic carbocycles. The van der Waals surface area contributed by atoms with Crippen LogP contribution in [0.15, 0.2) is 47.4 Å². The minimum atomic E-state index is -1.59. The standard InChI is InChI=1S/C18H33P.C13H18N.C7H6S.2ClH.Ru/c1-4-10-16(11-5-1)19(17-12-6-2-7-13-17)18-14-8-3-9-15-18;1-10-8-11(2)13(12(3)9-10)14-6-4-5-7-14;1-8-7-5-3-2-4-6-7;;;/h16-18H,1-15H2;6,8-9H,4-5,7H2,1-3H3;1-6H;2*1H;/q;-1;;;;+2/p-1. The van der Waals surface area contributed by atoms with Crippen molar-refractivity contribution < 1.29 is 13.5 Å². The van der Waals surface area contributed by atoms with Gasteiger partial charge in [-0.15, -0.1) is 0 Å². The average molecular weight is 764 g/mol. The number of aryl methyl sites for hydroxylation is 3. The monoisotopic (exact) mass is 763 g/mol. The Balaban J connectivity index is 0.000000157. The molecule has 1 saturated heterocycles. The Morgan fingerprint density at radius 3 is 1.61 bits per heavy atom. The molecule has 0 unspecified atom stereocenters. The molecule has 248 valence electrons. The van der Waals surface area contributed by atoms with Crippen LogP contribution >= 0.6 is 39.1 Å². The van der Waals surface area contributed by atoms with Crippen LogP contribution in [0.25, 0.3) is 0 Å². The molecule has 1 heterocycles. The van der Waals surface area contributed by atoms with E-state index in [2.05, 4.69) is 44.3 Å². The van der Waals surface area contributed by atoms with Crippen LogP contribution in [0.3, 0.4) is 0 Å². The topological polar surface area (TPSA) is 3.24 Å². The zero-order chi connectivity index (χ0) is 31.1. The Kier molecular flexibility index (Phi) is 17.2. The summed E-state index contributed by atoms with van der Waals surface area (Å²) in [6, 6.07) is 14.6. The summed E-state index contributed by atoms with van der Waals surface area (Å²) in [6.45, 7) is 10.1. The molecule has 6 heteroatoms. The Morgan fingerprint density at radius 2 is 1.20 bits per heavy atom. The quantitative estimate of drug-likeness (QED) is 0.125. The molecule has 1 aliphatic heterocycles. The van der Waals surface area contributed by atoms with Crippen molar-refractivity contribution in [3.8, 4) is 0 Å². The fourth-order valence-corrected chi connectivity index (χ4v) is 16.3. The fraction of sp³-hybridized carbons (Fsp3) is 0.632. The summed E-state index contributed by atoms with van der Waals surface area (Å²) in [5, 5.41) is 0. The molecule has 3 saturated carbocycles. The first kappa shape index (κ1) is 36.9. The molecule has 2 aromatic carbocycles. The van der Waals surface area contributed by atoms with Crippen LogP contribution in [0.4, 0.5) is 5.69 Å². The Morgan fingerprint density at radius 1 is 0.727 bits per heavy atom. The minimum absolute atomic E-state index is 0.0465. The van der Waals surface area contributed by atoms with E-state index in [-0.39, 0.29) is 7.92 Å². The van der Waals surface area contributed by atoms with Gasteiger partial charge in [0, 0.05) is 13.6 Å². The van der Waals surface area contributed by atoms with Crippen LogP contribution in [0, 0.1) is 27.3 Å². The van der Waals surface area contributed by atoms with Gasteiger partial charge in [0.25, 0.3) is 0 Å². The third kappa shape index (κ3) is 12.3. The Bertz CT molecular complexity index is 1050. The van der Waals surface area contributed by atoms with Crippen molar-refractivity contribution in [2.24, 2.45) is 0 Å². The van der Waals surface area contributed by atoms with Gasteiger partial charge in [-0.05, 0) is 115 Å². The third-order valence-electron chi connectivity index (χ3n) is 10.1. The molecule has 0 aromatic heterocycles. The normalized spacial score (nSPS) is 20.4. The summed E-state index contributed by atoms with van der Waals surface area (Å²) in [5.41, 5.74) is 9.28. The summed E-state index contributed by atoms with van der Waals surface area (Å²) in [4.78, 5) is 3.59. The predicted molar refractivity (Wildman–Crippen MR) is 201 cm³/mol. The van der Waals surface area contributed by atoms with E-state index in [1.54, 1.807) is 108 Å². The molecule has 2 aromatic rings. The van der Waals surface area contributed by atoms with Crippen molar-refractivity contribution in [2.75, 3.05) is 11.4 Å². The van der Waals surface area contributed by atoms with Crippen molar-refractivity contribution in [3.05, 3.63) is 65.7 Å². The summed E-state index contributed by atoms with van der Waals surface area (Å²) >= 11 is 0.00846. The van der Waals surface area contributed by atoms with Crippen LogP contribution in [-0.2, 0) is 13.5 Å². The number of hydrogen-bond donors (Lipinski definition) is 0. The molecule has 0 atom stereocenters. The second-order valence-electron chi connectivity index (χ2n) is 13.5. The Labute approximate surface area is 289 Å². The van der Waals surface area contributed by atoms with Crippen molar-refractivity contribution in [1.82, 2.24) is 0 Å². The van der Waals surface area contributed by atoms with E-state index in [1.807, 2.05) is 34.3 Å². The molecule has 0 bridgehead atoms. The third-order valence-corrected chi connectivity index (χ3v) is 19.2. The van der Waals surface area contributed by atoms with Gasteiger partial charge in [-0.3, -0.25) is 0 Å². The Hall–Kier alpha value is 0.0934. The molecular formula is C38H58Cl2NPRuS. The van der Waals surface area contributed by atoms with Crippen LogP contribution in [0.5, 0.6) is 0 Å². The summed E-state index contributed by atoms with van der Waals surface area (Å²) in [5.74, 6) is 0. The second-order valence-corrected chi connectivity index (χ2v) is 24.3. The number of thioether (sulfide) groups is 1. The summed E-state index contributed by atoms with van der Waals surface area (Å²) < 4.78 is 1.92. The number of nitrogens with zero attached hydrogens (tertiary/aromatic N) is 1. The van der Waals surface area contributed by atoms with E-state index in [0.717, 1.165) is 0 Å². The SMILES string of the molecule is C1CCC([PH+](C2CCCCC2)C2CCCCC2)CC1.Cc1cc(C)c(N2[CH-]CCC2)c(C)c1.[Cl][Ru]([Cl])=[CH]Sc1ccccc1. The van der Waals surface area contributed by atoms with Crippen molar-refractivity contribution in [1.29, 1.82) is 0 Å². The van der Waals surface area contributed by atoms with Gasteiger partial charge in [0.05, 0.1) is 17.0 Å². The second kappa shape index (κ2) is 20.5. The number of anilines is 1. The number of rotatable bonds is 6. The summed E-state index contributed by atoms with van der Waals surface area (Å²) in [6.07, 6.45) is 26.3. The number of halogens is 2. The fourth-order valence-electron chi connectivity index (χ4n) is 8.32. The van der Waals surface area contributed by atoms with Crippen LogP contribution in [0.2, 0.25) is 0 Å². The van der Waals surface area contributed by atoms with Crippen molar-refractivity contribution >= 4 is 48.7 Å². The first-order chi connectivity index (χ1) is 21.4. The predicted octanol–water partition coefficient (Wildman–Crippen LogP) is 13.0. The molecule has 4 fully saturated rings. The van der Waals surface area contributed by atoms with Crippen LogP contribution < -0.4 is 4.90 Å². The molecular weight excluding hydrogens is 705 g/mol. The van der Waals surface area contributed by atoms with Gasteiger partial charge in [0.2, 0.25) is 0 Å². The molecule has 6 rings (SSSR count). The van der Waals surface area contributed by atoms with E-state index in [4.69, 9.17) is 19.4 Å². The van der Waals surface area contributed by atoms with Gasteiger partial charge in [0.1, 0.15) is 0 Å². The van der Waals surface area contributed by atoms with Gasteiger partial charge in [0.15, 0.2) is 0 Å². The first-order valence-electron chi connectivity index (χ1n) is 17.5. The molecule has 4 aliphatic rings. The van der Waals surface area contributed by atoms with Gasteiger partial charge in [-0.1, -0.05) is 43.4 Å². The summed E-state index contributed by atoms with van der Waals surface area (Å²) in [7, 11) is 11.3. The van der Waals surface area contributed by atoms with E-state index >= 15 is 0 Å². The zero-order valence-electron chi connectivity index (χ0n) is 27.6. The number of hydrogen-bond acceptors (Lipinski definition) is 2. The van der Waals surface area contributed by atoms with Crippen molar-refractivity contribution in [2.45, 2.75) is 152 Å². The van der Waals surface area contributed by atoms with Crippen LogP contribution in [0.1, 0.15) is 126 Å². The molecule has 1 nitrogen and oxygen atoms in total. The van der Waals surface area contributed by atoms with Crippen molar-refractivity contribution in [3.63, 3.8) is 0 Å². The van der Waals surface area contributed by atoms with E-state index in [9.17, 15) is 0 Å². The van der Waals surface area contributed by atoms with E-state index in [1.165, 1.54) is 63.6 Å². The molecule has 0 amide bonds. The van der Waals surface area contributed by atoms with Gasteiger partial charge in [-0.25, -0.2) is 6.54 Å². The maximum absolute atomic E-state index is 5.66. The maximum atomic E-state index is 5.66. The van der Waals surface area contributed by atoms with E-state index in [0.29, 0.717) is 0 Å². The first-order valence-corrected chi connectivity index (χ1v) is 25.6. The molecule has 0 radical (unpaired) electrons. The zero-order valence-corrected chi connectivity index (χ0v) is 32.7. The average Bonchev–Trinajstić information content (AvgIpc) is 3.57. The molecule has 0 spiro atoms. The molecule has 44 heavy (non-hydrogen) atoms. The van der Waals surface area contributed by atoms with Gasteiger partial charge < -0.3 is 4.90 Å². The van der Waals surface area contributed by atoms with Crippen LogP contribution in [-0.4, -0.2) is 27.5 Å². The van der Waals surface area contributed by atoms with Gasteiger partial charge >= 0.3 is 83.8 Å². The van der Waals surface area contributed by atoms with Gasteiger partial charge in [-0.2, -0.15) is 6.42 Å².